The summed E-state index contributed by atoms with van der Waals surface area (Å²) in [6, 6.07) is 1.82. The summed E-state index contributed by atoms with van der Waals surface area (Å²) in [6.45, 7) is 4.80. The van der Waals surface area contributed by atoms with Crippen LogP contribution in [0.1, 0.15) is 10.5 Å². The van der Waals surface area contributed by atoms with E-state index in [1.807, 2.05) is 6.07 Å². The number of rotatable bonds is 4. The van der Waals surface area contributed by atoms with Gasteiger partial charge in [0.25, 0.3) is 5.91 Å². The van der Waals surface area contributed by atoms with Gasteiger partial charge in [-0.1, -0.05) is 0 Å². The summed E-state index contributed by atoms with van der Waals surface area (Å²) in [5.41, 5.74) is 1.91. The molecule has 0 spiro atoms. The van der Waals surface area contributed by atoms with E-state index < -0.39 is 0 Å². The fourth-order valence-corrected chi connectivity index (χ4v) is 3.99. The summed E-state index contributed by atoms with van der Waals surface area (Å²) in [6.07, 6.45) is 3.38. The van der Waals surface area contributed by atoms with E-state index in [-0.39, 0.29) is 11.9 Å². The number of hydrogen-bond acceptors (Lipinski definition) is 7. The average Bonchev–Trinajstić information content (AvgIpc) is 3.30. The van der Waals surface area contributed by atoms with Crippen LogP contribution in [0.4, 0.5) is 21.3 Å². The van der Waals surface area contributed by atoms with Crippen molar-refractivity contribution in [2.75, 3.05) is 61.4 Å². The molecule has 2 saturated heterocycles. The van der Waals surface area contributed by atoms with Crippen molar-refractivity contribution in [3.05, 3.63) is 29.5 Å². The molecule has 0 atom stereocenters. The fraction of sp³-hybridized carbons (Fsp3) is 0.412. The van der Waals surface area contributed by atoms with Crippen LogP contribution in [-0.4, -0.2) is 73.1 Å². The van der Waals surface area contributed by atoms with Gasteiger partial charge in [0.2, 0.25) is 0 Å². The molecule has 9 nitrogen and oxygen atoms in total. The van der Waals surface area contributed by atoms with Crippen LogP contribution in [0.15, 0.2) is 23.8 Å². The lowest BCUT2D eigenvalue weighted by Crippen LogP contribution is -2.43. The molecule has 2 aromatic rings. The summed E-state index contributed by atoms with van der Waals surface area (Å²) in [5.74, 6) is -0.304. The van der Waals surface area contributed by atoms with E-state index >= 15 is 0 Å². The normalized spacial score (nSPS) is 17.5. The Morgan fingerprint density at radius 2 is 2.07 bits per heavy atom. The van der Waals surface area contributed by atoms with Crippen molar-refractivity contribution < 1.29 is 9.59 Å². The van der Waals surface area contributed by atoms with Gasteiger partial charge in [-0.05, 0) is 6.07 Å². The Labute approximate surface area is 161 Å². The number of aromatic nitrogens is 2. The Morgan fingerprint density at radius 1 is 1.26 bits per heavy atom. The maximum Gasteiger partial charge on any atom is 0.326 e. The molecular weight excluding hydrogens is 366 g/mol. The summed E-state index contributed by atoms with van der Waals surface area (Å²) in [7, 11) is 1.75. The van der Waals surface area contributed by atoms with Crippen molar-refractivity contribution in [2.24, 2.45) is 0 Å². The molecule has 142 valence electrons. The number of likely N-dealkylation sites (N-methyl/N-ethyl adjacent to an activating group) is 1. The van der Waals surface area contributed by atoms with Crippen molar-refractivity contribution in [1.29, 1.82) is 0 Å². The summed E-state index contributed by atoms with van der Waals surface area (Å²) in [4.78, 5) is 38.7. The monoisotopic (exact) mass is 387 g/mol. The highest BCUT2D eigenvalue weighted by Crippen LogP contribution is 2.27. The second kappa shape index (κ2) is 7.49. The van der Waals surface area contributed by atoms with E-state index in [9.17, 15) is 9.59 Å². The van der Waals surface area contributed by atoms with Gasteiger partial charge in [0.1, 0.15) is 5.69 Å². The number of nitrogens with zero attached hydrogens (tertiary/aromatic N) is 5. The van der Waals surface area contributed by atoms with Gasteiger partial charge in [-0.2, -0.15) is 0 Å². The van der Waals surface area contributed by atoms with Gasteiger partial charge in [0.15, 0.2) is 5.13 Å². The lowest BCUT2D eigenvalue weighted by Gasteiger charge is -2.30. The second-order valence-corrected chi connectivity index (χ2v) is 7.29. The average molecular weight is 387 g/mol. The Balaban J connectivity index is 1.49. The topological polar surface area (TPSA) is 93.7 Å². The number of anilines is 3. The molecule has 3 amide bonds. The van der Waals surface area contributed by atoms with Crippen LogP contribution in [0.25, 0.3) is 0 Å². The Hall–Kier alpha value is -2.72. The van der Waals surface area contributed by atoms with Crippen LogP contribution in [0.3, 0.4) is 0 Å². The first kappa shape index (κ1) is 17.7. The van der Waals surface area contributed by atoms with E-state index in [1.165, 1.54) is 11.3 Å². The number of nitrogens with one attached hydrogen (secondary N) is 2. The van der Waals surface area contributed by atoms with Gasteiger partial charge in [0.05, 0.1) is 17.6 Å². The minimum Gasteiger partial charge on any atom is -0.367 e. The lowest BCUT2D eigenvalue weighted by molar-refractivity contribution is 0.102. The first-order valence-electron chi connectivity index (χ1n) is 8.82. The minimum absolute atomic E-state index is 0.0930. The molecular formula is C17H21N7O2S. The molecule has 0 radical (unpaired) electrons. The van der Waals surface area contributed by atoms with Gasteiger partial charge >= 0.3 is 6.03 Å². The smallest absolute Gasteiger partial charge is 0.326 e. The Kier molecular flexibility index (Phi) is 4.90. The quantitative estimate of drug-likeness (QED) is 0.815. The first-order chi connectivity index (χ1) is 13.1. The molecule has 2 aliphatic heterocycles. The Bertz CT molecular complexity index is 849. The van der Waals surface area contributed by atoms with Gasteiger partial charge in [-0.15, -0.1) is 11.3 Å². The molecule has 0 saturated carbocycles. The van der Waals surface area contributed by atoms with E-state index in [4.69, 9.17) is 0 Å². The minimum atomic E-state index is -0.304. The van der Waals surface area contributed by atoms with Crippen molar-refractivity contribution >= 4 is 39.8 Å². The van der Waals surface area contributed by atoms with Crippen LogP contribution in [-0.2, 0) is 0 Å². The van der Waals surface area contributed by atoms with Crippen LogP contribution in [0, 0.1) is 0 Å². The maximum atomic E-state index is 12.7. The third-order valence-corrected chi connectivity index (χ3v) is 5.54. The van der Waals surface area contributed by atoms with Crippen LogP contribution >= 0.6 is 11.3 Å². The van der Waals surface area contributed by atoms with Crippen molar-refractivity contribution in [2.45, 2.75) is 0 Å². The zero-order valence-electron chi connectivity index (χ0n) is 15.0. The van der Waals surface area contributed by atoms with E-state index in [0.717, 1.165) is 31.9 Å². The van der Waals surface area contributed by atoms with Gasteiger partial charge in [0, 0.05) is 57.9 Å². The van der Waals surface area contributed by atoms with Crippen molar-refractivity contribution in [1.82, 2.24) is 20.2 Å². The molecule has 27 heavy (non-hydrogen) atoms. The number of piperazine rings is 1. The number of carbonyl (C=O) groups excluding carboxylic acids is 2. The zero-order chi connectivity index (χ0) is 18.8. The predicted molar refractivity (Wildman–Crippen MR) is 105 cm³/mol. The third kappa shape index (κ3) is 3.58. The van der Waals surface area contributed by atoms with E-state index in [1.54, 1.807) is 34.6 Å². The standard InChI is InChI=1S/C17H21N7O2S/c1-22-8-9-24(17(22)26)16-21-13(11-27-16)15(25)20-12-10-19-3-2-14(12)23-6-4-18-5-7-23/h2-3,10-11,18H,4-9H2,1H3,(H,20,25). The van der Waals surface area contributed by atoms with Gasteiger partial charge in [-0.25, -0.2) is 9.78 Å². The highest BCUT2D eigenvalue weighted by Gasteiger charge is 2.29. The summed E-state index contributed by atoms with van der Waals surface area (Å²) >= 11 is 1.30. The highest BCUT2D eigenvalue weighted by atomic mass is 32.1. The molecule has 4 heterocycles. The Morgan fingerprint density at radius 3 is 2.81 bits per heavy atom. The molecule has 0 bridgehead atoms. The predicted octanol–water partition coefficient (Wildman–Crippen LogP) is 1.07. The largest absolute Gasteiger partial charge is 0.367 e. The molecule has 2 fully saturated rings. The van der Waals surface area contributed by atoms with Crippen LogP contribution in [0.2, 0.25) is 0 Å². The third-order valence-electron chi connectivity index (χ3n) is 4.68. The number of hydrogen-bond donors (Lipinski definition) is 2. The molecule has 0 aromatic carbocycles. The van der Waals surface area contributed by atoms with Crippen molar-refractivity contribution in [3.63, 3.8) is 0 Å². The molecule has 2 aromatic heterocycles. The highest BCUT2D eigenvalue weighted by molar-refractivity contribution is 7.14. The number of thiazole rings is 1. The number of carbonyl (C=O) groups is 2. The first-order valence-corrected chi connectivity index (χ1v) is 9.70. The molecule has 4 rings (SSSR count). The molecule has 0 unspecified atom stereocenters. The molecule has 10 heteroatoms. The van der Waals surface area contributed by atoms with Gasteiger partial charge in [-0.3, -0.25) is 14.7 Å². The van der Waals surface area contributed by atoms with E-state index in [2.05, 4.69) is 25.5 Å². The summed E-state index contributed by atoms with van der Waals surface area (Å²) in [5, 5.41) is 8.45. The molecule has 2 aliphatic rings. The molecule has 2 N–H and O–H groups in total. The SMILES string of the molecule is CN1CCN(c2nc(C(=O)Nc3cnccc3N3CCNCC3)cs2)C1=O. The zero-order valence-corrected chi connectivity index (χ0v) is 15.8. The number of pyridine rings is 1. The summed E-state index contributed by atoms with van der Waals surface area (Å²) < 4.78 is 0. The van der Waals surface area contributed by atoms with Crippen LogP contribution < -0.4 is 20.4 Å². The number of urea groups is 1. The maximum absolute atomic E-state index is 12.7. The lowest BCUT2D eigenvalue weighted by atomic mass is 10.2. The van der Waals surface area contributed by atoms with Crippen LogP contribution in [0.5, 0.6) is 0 Å². The van der Waals surface area contributed by atoms with E-state index in [0.29, 0.717) is 29.6 Å². The fourth-order valence-electron chi connectivity index (χ4n) is 3.17. The molecule has 0 aliphatic carbocycles. The van der Waals surface area contributed by atoms with Crippen molar-refractivity contribution in [3.8, 4) is 0 Å². The number of amides is 3. The second-order valence-electron chi connectivity index (χ2n) is 6.46. The van der Waals surface area contributed by atoms with Gasteiger partial charge < -0.3 is 20.4 Å².